The molecule has 0 radical (unpaired) electrons. The van der Waals surface area contributed by atoms with Crippen LogP contribution in [0, 0.1) is 5.41 Å². The molecule has 0 rings (SSSR count). The lowest BCUT2D eigenvalue weighted by atomic mass is 9.81. The molecule has 0 aliphatic carbocycles. The highest BCUT2D eigenvalue weighted by Gasteiger charge is 2.34. The van der Waals surface area contributed by atoms with Gasteiger partial charge in [-0.25, -0.2) is 0 Å². The second-order valence-corrected chi connectivity index (χ2v) is 5.54. The Kier molecular flexibility index (Phi) is 9.99. The molecular formula is C17H31NO2. The number of rotatable bonds is 7. The van der Waals surface area contributed by atoms with E-state index < -0.39 is 5.41 Å². The molecule has 0 atom stereocenters. The van der Waals surface area contributed by atoms with Crippen molar-refractivity contribution in [1.82, 2.24) is 5.32 Å². The first kappa shape index (κ1) is 21.0. The average Bonchev–Trinajstić information content (AvgIpc) is 2.39. The minimum absolute atomic E-state index is 0.0550. The van der Waals surface area contributed by atoms with E-state index >= 15 is 0 Å². The van der Waals surface area contributed by atoms with Crippen LogP contribution in [-0.4, -0.2) is 18.6 Å². The number of methoxy groups -OCH3 is 1. The number of carbonyl (C=O) groups is 1. The van der Waals surface area contributed by atoms with Crippen LogP contribution in [0.25, 0.3) is 0 Å². The monoisotopic (exact) mass is 281 g/mol. The normalized spacial score (nSPS) is 12.1. The molecule has 0 unspecified atom stereocenters. The fourth-order valence-electron chi connectivity index (χ4n) is 1.80. The molecule has 0 bridgehead atoms. The van der Waals surface area contributed by atoms with Crippen molar-refractivity contribution >= 4 is 5.91 Å². The van der Waals surface area contributed by atoms with Crippen LogP contribution in [0.15, 0.2) is 37.1 Å². The largest absolute Gasteiger partial charge is 0.379 e. The second kappa shape index (κ2) is 9.54. The van der Waals surface area contributed by atoms with Crippen molar-refractivity contribution in [3.8, 4) is 0 Å². The van der Waals surface area contributed by atoms with Crippen molar-refractivity contribution in [1.29, 1.82) is 0 Å². The molecule has 0 spiro atoms. The standard InChI is InChI=1S/C15H25NO2.C2H6/c1-8-10-12(9-2)16-13(17)14(3,4)11-15(5,6)18-7;1-2/h8-10H,1-2,11H2,3-7H3,(H,16,17);1-2H3/b12-10+;. The van der Waals surface area contributed by atoms with E-state index in [2.05, 4.69) is 18.5 Å². The van der Waals surface area contributed by atoms with Crippen molar-refractivity contribution in [2.75, 3.05) is 7.11 Å². The van der Waals surface area contributed by atoms with E-state index in [4.69, 9.17) is 4.74 Å². The van der Waals surface area contributed by atoms with E-state index in [0.29, 0.717) is 12.1 Å². The van der Waals surface area contributed by atoms with Gasteiger partial charge in [-0.05, 0) is 32.4 Å². The van der Waals surface area contributed by atoms with Crippen molar-refractivity contribution < 1.29 is 9.53 Å². The Morgan fingerprint density at radius 1 is 1.20 bits per heavy atom. The van der Waals surface area contributed by atoms with Gasteiger partial charge in [0.05, 0.1) is 5.60 Å². The third kappa shape index (κ3) is 7.95. The number of carbonyl (C=O) groups excluding carboxylic acids is 1. The quantitative estimate of drug-likeness (QED) is 0.709. The second-order valence-electron chi connectivity index (χ2n) is 5.54. The first-order valence-corrected chi connectivity index (χ1v) is 7.00. The van der Waals surface area contributed by atoms with Crippen molar-refractivity contribution in [2.45, 2.75) is 53.6 Å². The summed E-state index contributed by atoms with van der Waals surface area (Å²) >= 11 is 0. The Morgan fingerprint density at radius 2 is 1.70 bits per heavy atom. The molecule has 0 aromatic heterocycles. The van der Waals surface area contributed by atoms with E-state index in [0.717, 1.165) is 0 Å². The van der Waals surface area contributed by atoms with Crippen LogP contribution in [0.2, 0.25) is 0 Å². The number of nitrogens with one attached hydrogen (secondary N) is 1. The molecule has 1 N–H and O–H groups in total. The van der Waals surface area contributed by atoms with Gasteiger partial charge in [-0.2, -0.15) is 0 Å². The zero-order valence-corrected chi connectivity index (χ0v) is 14.2. The predicted molar refractivity (Wildman–Crippen MR) is 87.5 cm³/mol. The lowest BCUT2D eigenvalue weighted by molar-refractivity contribution is -0.132. The Balaban J connectivity index is 0. The highest BCUT2D eigenvalue weighted by Crippen LogP contribution is 2.30. The number of hydrogen-bond donors (Lipinski definition) is 1. The minimum atomic E-state index is -0.525. The Morgan fingerprint density at radius 3 is 2.05 bits per heavy atom. The molecular weight excluding hydrogens is 250 g/mol. The van der Waals surface area contributed by atoms with Crippen LogP contribution < -0.4 is 5.32 Å². The van der Waals surface area contributed by atoms with E-state index in [9.17, 15) is 4.79 Å². The van der Waals surface area contributed by atoms with Gasteiger partial charge in [0.25, 0.3) is 0 Å². The van der Waals surface area contributed by atoms with E-state index in [1.807, 2.05) is 41.5 Å². The molecule has 3 nitrogen and oxygen atoms in total. The first-order chi connectivity index (χ1) is 9.18. The van der Waals surface area contributed by atoms with Gasteiger partial charge in [0, 0.05) is 18.2 Å². The van der Waals surface area contributed by atoms with Crippen molar-refractivity contribution in [3.05, 3.63) is 37.1 Å². The fraction of sp³-hybridized carbons (Fsp3) is 0.588. The third-order valence-corrected chi connectivity index (χ3v) is 2.81. The van der Waals surface area contributed by atoms with Gasteiger partial charge in [-0.1, -0.05) is 46.9 Å². The van der Waals surface area contributed by atoms with E-state index in [1.165, 1.54) is 0 Å². The summed E-state index contributed by atoms with van der Waals surface area (Å²) in [5.41, 5.74) is -0.210. The third-order valence-electron chi connectivity index (χ3n) is 2.81. The zero-order chi connectivity index (χ0) is 16.4. The van der Waals surface area contributed by atoms with Crippen LogP contribution in [-0.2, 0) is 9.53 Å². The number of allylic oxidation sites excluding steroid dienone is 3. The van der Waals surface area contributed by atoms with E-state index in [-0.39, 0.29) is 11.5 Å². The predicted octanol–water partition coefficient (Wildman–Crippen LogP) is 4.23. The smallest absolute Gasteiger partial charge is 0.230 e. The molecule has 0 aromatic carbocycles. The Hall–Kier alpha value is -1.35. The topological polar surface area (TPSA) is 38.3 Å². The summed E-state index contributed by atoms with van der Waals surface area (Å²) < 4.78 is 5.37. The minimum Gasteiger partial charge on any atom is -0.379 e. The highest BCUT2D eigenvalue weighted by molar-refractivity contribution is 5.83. The number of hydrogen-bond acceptors (Lipinski definition) is 2. The summed E-state index contributed by atoms with van der Waals surface area (Å²) in [5, 5.41) is 2.83. The maximum absolute atomic E-state index is 12.2. The average molecular weight is 281 g/mol. The van der Waals surface area contributed by atoms with Gasteiger partial charge in [0.2, 0.25) is 5.91 Å². The zero-order valence-electron chi connectivity index (χ0n) is 14.2. The van der Waals surface area contributed by atoms with Crippen LogP contribution in [0.1, 0.15) is 48.0 Å². The maximum Gasteiger partial charge on any atom is 0.230 e. The number of ether oxygens (including phenoxy) is 1. The lowest BCUT2D eigenvalue weighted by Crippen LogP contribution is -2.41. The molecule has 20 heavy (non-hydrogen) atoms. The summed E-state index contributed by atoms with van der Waals surface area (Å²) in [6.07, 6.45) is 5.55. The van der Waals surface area contributed by atoms with Crippen LogP contribution in [0.3, 0.4) is 0 Å². The molecule has 0 heterocycles. The van der Waals surface area contributed by atoms with Gasteiger partial charge in [-0.15, -0.1) is 0 Å². The first-order valence-electron chi connectivity index (χ1n) is 7.00. The van der Waals surface area contributed by atoms with Crippen molar-refractivity contribution in [3.63, 3.8) is 0 Å². The summed E-state index contributed by atoms with van der Waals surface area (Å²) in [5.74, 6) is -0.0550. The molecule has 0 saturated carbocycles. The number of amides is 1. The summed E-state index contributed by atoms with van der Waals surface area (Å²) in [6.45, 7) is 19.0. The molecule has 0 aromatic rings. The van der Waals surface area contributed by atoms with Gasteiger partial charge >= 0.3 is 0 Å². The molecule has 1 amide bonds. The van der Waals surface area contributed by atoms with Gasteiger partial charge in [0.15, 0.2) is 0 Å². The summed E-state index contributed by atoms with van der Waals surface area (Å²) in [4.78, 5) is 12.2. The lowest BCUT2D eigenvalue weighted by Gasteiger charge is -2.33. The van der Waals surface area contributed by atoms with Crippen LogP contribution >= 0.6 is 0 Å². The molecule has 3 heteroatoms. The molecule has 0 fully saturated rings. The van der Waals surface area contributed by atoms with Crippen LogP contribution in [0.4, 0.5) is 0 Å². The van der Waals surface area contributed by atoms with Gasteiger partial charge in [0.1, 0.15) is 0 Å². The molecule has 0 aliphatic heterocycles. The summed E-state index contributed by atoms with van der Waals surface area (Å²) in [7, 11) is 1.65. The van der Waals surface area contributed by atoms with Gasteiger partial charge in [-0.3, -0.25) is 4.79 Å². The Labute approximate surface area is 124 Å². The SMILES string of the molecule is C=C/C=C(\C=C)NC(=O)C(C)(C)CC(C)(C)OC.CC. The summed E-state index contributed by atoms with van der Waals surface area (Å²) in [6, 6.07) is 0. The maximum atomic E-state index is 12.2. The fourth-order valence-corrected chi connectivity index (χ4v) is 1.80. The van der Waals surface area contributed by atoms with Gasteiger partial charge < -0.3 is 10.1 Å². The molecule has 116 valence electrons. The van der Waals surface area contributed by atoms with E-state index in [1.54, 1.807) is 25.3 Å². The highest BCUT2D eigenvalue weighted by atomic mass is 16.5. The molecule has 0 saturated heterocycles. The van der Waals surface area contributed by atoms with Crippen molar-refractivity contribution in [2.24, 2.45) is 5.41 Å². The van der Waals surface area contributed by atoms with Crippen LogP contribution in [0.5, 0.6) is 0 Å². The Bertz CT molecular complexity index is 352. The molecule has 0 aliphatic rings.